The number of aromatic amines is 1. The maximum atomic E-state index is 11.9. The van der Waals surface area contributed by atoms with Crippen LogP contribution in [-0.4, -0.2) is 45.5 Å². The van der Waals surface area contributed by atoms with E-state index in [1.165, 1.54) is 62.3 Å². The van der Waals surface area contributed by atoms with Crippen molar-refractivity contribution in [2.75, 3.05) is 18.0 Å². The first-order valence-corrected chi connectivity index (χ1v) is 16.1. The van der Waals surface area contributed by atoms with Crippen molar-refractivity contribution >= 4 is 18.2 Å². The molecule has 0 amide bonds. The molecule has 1 atom stereocenters. The number of carbonyl (C=O) groups excluding carboxylic acids is 1. The number of aryl methyl sites for hydroxylation is 1. The molecular weight excluding hydrogens is 556 g/mol. The Balaban J connectivity index is 0.000000903. The molecule has 0 spiro atoms. The number of rotatable bonds is 7. The number of hydrogen-bond acceptors (Lipinski definition) is 5. The van der Waals surface area contributed by atoms with E-state index in [2.05, 4.69) is 92.8 Å². The number of aldehydes is 1. The van der Waals surface area contributed by atoms with Gasteiger partial charge in [-0.1, -0.05) is 84.6 Å². The maximum Gasteiger partial charge on any atom is 0.247 e. The molecule has 1 saturated heterocycles. The fraction of sp³-hybridized carbons (Fsp3) is 0.556. The van der Waals surface area contributed by atoms with E-state index in [1.54, 1.807) is 0 Å². The molecule has 3 aromatic rings. The Hall–Kier alpha value is -3.42. The van der Waals surface area contributed by atoms with Gasteiger partial charge in [0.2, 0.25) is 5.92 Å². The van der Waals surface area contributed by atoms with Gasteiger partial charge in [-0.25, -0.2) is 18.7 Å². The van der Waals surface area contributed by atoms with Crippen LogP contribution in [0.4, 0.5) is 14.6 Å². The quantitative estimate of drug-likeness (QED) is 0.268. The monoisotopic (exact) mass is 613 g/mol. The third-order valence-electron chi connectivity index (χ3n) is 6.65. The molecule has 0 bridgehead atoms. The minimum Gasteiger partial charge on any atom is -0.356 e. The standard InChI is InChI=1S/C22H25N5.C5H10F2.C4H10.C3H8.C2H4O/c1-15(2)10-17-4-5-18(11-16(17)3)22-23-8-6-21(26-22)27-9-7-19(14-27)20-12-24-25-13-20;1-3-5(6,7)4-2;1-3-4-2;1-3-2;1-2-3/h4-6,8,10-13,19H,7,9,14H2,1-3H3,(H,24,25);3-4H2,1-2H3;3-4H2,1-2H3;3H2,1-2H3;2H,1H3. The number of carbonyl (C=O) groups is 1. The third-order valence-corrected chi connectivity index (χ3v) is 6.65. The zero-order valence-corrected chi connectivity index (χ0v) is 28.9. The number of alkyl halides is 2. The fourth-order valence-corrected chi connectivity index (χ4v) is 3.93. The molecule has 0 radical (unpaired) electrons. The number of halogens is 2. The lowest BCUT2D eigenvalue weighted by Crippen LogP contribution is -2.20. The molecule has 4 rings (SSSR count). The van der Waals surface area contributed by atoms with Gasteiger partial charge in [-0.15, -0.1) is 0 Å². The molecule has 1 fully saturated rings. The highest BCUT2D eigenvalue weighted by molar-refractivity contribution is 5.64. The fourth-order valence-electron chi connectivity index (χ4n) is 3.93. The van der Waals surface area contributed by atoms with Crippen LogP contribution in [0.25, 0.3) is 17.5 Å². The summed E-state index contributed by atoms with van der Waals surface area (Å²) < 4.78 is 23.8. The van der Waals surface area contributed by atoms with Crippen LogP contribution in [0.1, 0.15) is 123 Å². The SMILES string of the molecule is CC(C)=Cc1ccc(-c2nccc(N3CCC(c4cn[nH]c4)C3)n2)cc1C.CC=O.CCC.CCC(F)(F)CC.CCCC. The molecule has 6 nitrogen and oxygen atoms in total. The molecule has 1 N–H and O–H groups in total. The van der Waals surface area contributed by atoms with Crippen molar-refractivity contribution in [3.05, 3.63) is 65.1 Å². The molecule has 1 aliphatic rings. The molecule has 44 heavy (non-hydrogen) atoms. The normalized spacial score (nSPS) is 13.5. The topological polar surface area (TPSA) is 74.8 Å². The predicted molar refractivity (Wildman–Crippen MR) is 184 cm³/mol. The highest BCUT2D eigenvalue weighted by Crippen LogP contribution is 2.30. The van der Waals surface area contributed by atoms with Crippen molar-refractivity contribution in [1.82, 2.24) is 20.2 Å². The summed E-state index contributed by atoms with van der Waals surface area (Å²) in [5, 5.41) is 6.99. The molecule has 8 heteroatoms. The Kier molecular flexibility index (Phi) is 21.2. The van der Waals surface area contributed by atoms with Crippen molar-refractivity contribution in [3.63, 3.8) is 0 Å². The Morgan fingerprint density at radius 1 is 1.07 bits per heavy atom. The van der Waals surface area contributed by atoms with Crippen LogP contribution in [0.3, 0.4) is 0 Å². The lowest BCUT2D eigenvalue weighted by molar-refractivity contribution is -0.106. The highest BCUT2D eigenvalue weighted by Gasteiger charge is 2.25. The van der Waals surface area contributed by atoms with E-state index >= 15 is 0 Å². The molecule has 1 aromatic carbocycles. The number of hydrogen-bond donors (Lipinski definition) is 1. The van der Waals surface area contributed by atoms with Crippen LogP contribution in [-0.2, 0) is 4.79 Å². The molecule has 3 heterocycles. The Morgan fingerprint density at radius 3 is 2.14 bits per heavy atom. The maximum absolute atomic E-state index is 11.9. The number of aromatic nitrogens is 4. The van der Waals surface area contributed by atoms with Crippen LogP contribution >= 0.6 is 0 Å². The van der Waals surface area contributed by atoms with Gasteiger partial charge >= 0.3 is 0 Å². The zero-order valence-electron chi connectivity index (χ0n) is 28.9. The van der Waals surface area contributed by atoms with E-state index in [9.17, 15) is 8.78 Å². The van der Waals surface area contributed by atoms with Gasteiger partial charge in [0.25, 0.3) is 0 Å². The first kappa shape index (κ1) is 40.6. The van der Waals surface area contributed by atoms with Gasteiger partial charge in [0.05, 0.1) is 6.20 Å². The molecular formula is C36H57F2N5O. The highest BCUT2D eigenvalue weighted by atomic mass is 19.3. The van der Waals surface area contributed by atoms with Gasteiger partial charge in [-0.3, -0.25) is 5.10 Å². The molecule has 0 saturated carbocycles. The first-order chi connectivity index (χ1) is 21.0. The lowest BCUT2D eigenvalue weighted by atomic mass is 10.0. The van der Waals surface area contributed by atoms with Gasteiger partial charge in [0.15, 0.2) is 5.82 Å². The second kappa shape index (κ2) is 23.0. The van der Waals surface area contributed by atoms with Gasteiger partial charge in [0.1, 0.15) is 12.1 Å². The van der Waals surface area contributed by atoms with Gasteiger partial charge in [0, 0.05) is 49.8 Å². The second-order valence-electron chi connectivity index (χ2n) is 11.0. The zero-order chi connectivity index (χ0) is 33.5. The van der Waals surface area contributed by atoms with Crippen LogP contribution in [0.5, 0.6) is 0 Å². The number of nitrogens with one attached hydrogen (secondary N) is 1. The summed E-state index contributed by atoms with van der Waals surface area (Å²) in [4.78, 5) is 20.5. The summed E-state index contributed by atoms with van der Waals surface area (Å²) in [6, 6.07) is 8.44. The van der Waals surface area contributed by atoms with Crippen molar-refractivity contribution in [1.29, 1.82) is 0 Å². The Labute approximate surface area is 265 Å². The van der Waals surface area contributed by atoms with Crippen LogP contribution in [0, 0.1) is 6.92 Å². The summed E-state index contributed by atoms with van der Waals surface area (Å²) in [6.45, 7) is 21.4. The Bertz CT molecular complexity index is 1180. The smallest absolute Gasteiger partial charge is 0.247 e. The van der Waals surface area contributed by atoms with Crippen molar-refractivity contribution in [2.24, 2.45) is 0 Å². The number of anilines is 1. The van der Waals surface area contributed by atoms with Crippen molar-refractivity contribution in [3.8, 4) is 11.4 Å². The van der Waals surface area contributed by atoms with E-state index in [4.69, 9.17) is 9.78 Å². The predicted octanol–water partition coefficient (Wildman–Crippen LogP) is 10.5. The van der Waals surface area contributed by atoms with E-state index in [0.29, 0.717) is 5.92 Å². The average Bonchev–Trinajstić information content (AvgIpc) is 3.72. The number of benzene rings is 1. The summed E-state index contributed by atoms with van der Waals surface area (Å²) in [5.74, 6) is -0.129. The second-order valence-corrected chi connectivity index (χ2v) is 11.0. The molecule has 1 aliphatic heterocycles. The number of unbranched alkanes of at least 4 members (excludes halogenated alkanes) is 1. The third kappa shape index (κ3) is 15.9. The van der Waals surface area contributed by atoms with Crippen LogP contribution in [0.2, 0.25) is 0 Å². The average molecular weight is 614 g/mol. The number of allylic oxidation sites excluding steroid dienone is 1. The van der Waals surface area contributed by atoms with Crippen molar-refractivity contribution in [2.45, 2.75) is 120 Å². The lowest BCUT2D eigenvalue weighted by Gasteiger charge is -2.18. The largest absolute Gasteiger partial charge is 0.356 e. The summed E-state index contributed by atoms with van der Waals surface area (Å²) in [5.41, 5.74) is 6.12. The first-order valence-electron chi connectivity index (χ1n) is 16.1. The van der Waals surface area contributed by atoms with Crippen LogP contribution < -0.4 is 4.90 Å². The van der Waals surface area contributed by atoms with E-state index in [-0.39, 0.29) is 12.8 Å². The van der Waals surface area contributed by atoms with E-state index in [0.717, 1.165) is 43.0 Å². The van der Waals surface area contributed by atoms with Crippen molar-refractivity contribution < 1.29 is 13.6 Å². The number of nitrogens with zero attached hydrogens (tertiary/aromatic N) is 4. The summed E-state index contributed by atoms with van der Waals surface area (Å²) in [7, 11) is 0. The molecule has 0 aliphatic carbocycles. The minimum absolute atomic E-state index is 0.0382. The van der Waals surface area contributed by atoms with Gasteiger partial charge in [-0.05, 0) is 62.9 Å². The summed E-state index contributed by atoms with van der Waals surface area (Å²) in [6.07, 6.45) is 13.7. The Morgan fingerprint density at radius 2 is 1.68 bits per heavy atom. The minimum atomic E-state index is -2.42. The summed E-state index contributed by atoms with van der Waals surface area (Å²) >= 11 is 0. The molecule has 246 valence electrons. The van der Waals surface area contributed by atoms with E-state index in [1.807, 2.05) is 24.7 Å². The van der Waals surface area contributed by atoms with Gasteiger partial charge < -0.3 is 9.69 Å². The molecule has 2 aromatic heterocycles. The molecule has 1 unspecified atom stereocenters. The van der Waals surface area contributed by atoms with Gasteiger partial charge in [-0.2, -0.15) is 5.10 Å². The number of H-pyrrole nitrogens is 1. The van der Waals surface area contributed by atoms with Crippen LogP contribution in [0.15, 0.2) is 48.4 Å². The van der Waals surface area contributed by atoms with E-state index < -0.39 is 5.92 Å².